The lowest BCUT2D eigenvalue weighted by molar-refractivity contribution is -0.579. The lowest BCUT2D eigenvalue weighted by Crippen LogP contribution is -2.41. The van der Waals surface area contributed by atoms with Crippen molar-refractivity contribution in [1.82, 2.24) is 0 Å². The van der Waals surface area contributed by atoms with Crippen molar-refractivity contribution in [3.05, 3.63) is 56.1 Å². The molecule has 0 unspecified atom stereocenters. The Kier molecular flexibility index (Phi) is 3.77. The molecule has 0 aromatic heterocycles. The highest BCUT2D eigenvalue weighted by molar-refractivity contribution is 5.22. The molecule has 0 bridgehead atoms. The van der Waals surface area contributed by atoms with Gasteiger partial charge in [-0.25, -0.2) is 0 Å². The van der Waals surface area contributed by atoms with Gasteiger partial charge >= 0.3 is 0 Å². The highest BCUT2D eigenvalue weighted by atomic mass is 16.6. The van der Waals surface area contributed by atoms with Crippen molar-refractivity contribution in [2.75, 3.05) is 6.54 Å². The first kappa shape index (κ1) is 13.1. The fourth-order valence-corrected chi connectivity index (χ4v) is 1.70. The highest BCUT2D eigenvalue weighted by Gasteiger charge is 2.44. The van der Waals surface area contributed by atoms with Gasteiger partial charge in [0, 0.05) is 23.7 Å². The van der Waals surface area contributed by atoms with Crippen LogP contribution < -0.4 is 0 Å². The normalized spacial score (nSPS) is 13.1. The average Bonchev–Trinajstić information content (AvgIpc) is 2.26. The molecule has 92 valence electrons. The van der Waals surface area contributed by atoms with Crippen molar-refractivity contribution in [2.45, 2.75) is 25.3 Å². The quantitative estimate of drug-likeness (QED) is 0.580. The summed E-state index contributed by atoms with van der Waals surface area (Å²) in [4.78, 5) is 20.7. The zero-order valence-corrected chi connectivity index (χ0v) is 9.70. The molecule has 1 aromatic carbocycles. The standard InChI is InChI=1S/C11H14N2O4/c1-11(2,13(16)17)10(8-12(14)15)9-6-4-3-5-7-9/h3-7,10H,8H2,1-2H3/t10-/m1/s1. The number of hydrogen-bond acceptors (Lipinski definition) is 4. The maximum absolute atomic E-state index is 11.0. The van der Waals surface area contributed by atoms with E-state index in [1.165, 1.54) is 13.8 Å². The van der Waals surface area contributed by atoms with Crippen molar-refractivity contribution < 1.29 is 9.85 Å². The minimum Gasteiger partial charge on any atom is -0.265 e. The van der Waals surface area contributed by atoms with E-state index in [9.17, 15) is 20.2 Å². The average molecular weight is 238 g/mol. The number of nitrogens with zero attached hydrogens (tertiary/aromatic N) is 2. The monoisotopic (exact) mass is 238 g/mol. The molecule has 0 spiro atoms. The van der Waals surface area contributed by atoms with E-state index in [4.69, 9.17) is 0 Å². The van der Waals surface area contributed by atoms with Crippen LogP contribution in [0, 0.1) is 20.2 Å². The first-order valence-electron chi connectivity index (χ1n) is 5.17. The summed E-state index contributed by atoms with van der Waals surface area (Å²) in [5, 5.41) is 21.6. The molecule has 0 radical (unpaired) electrons. The van der Waals surface area contributed by atoms with Crippen LogP contribution in [0.1, 0.15) is 25.3 Å². The van der Waals surface area contributed by atoms with Crippen LogP contribution in [-0.4, -0.2) is 21.9 Å². The Morgan fingerprint density at radius 2 is 1.71 bits per heavy atom. The Labute approximate surface area is 98.6 Å². The Morgan fingerprint density at radius 1 is 1.18 bits per heavy atom. The van der Waals surface area contributed by atoms with Gasteiger partial charge in [-0.1, -0.05) is 30.3 Å². The van der Waals surface area contributed by atoms with E-state index >= 15 is 0 Å². The topological polar surface area (TPSA) is 86.3 Å². The molecular weight excluding hydrogens is 224 g/mol. The smallest absolute Gasteiger partial charge is 0.229 e. The molecular formula is C11H14N2O4. The van der Waals surface area contributed by atoms with Crippen molar-refractivity contribution >= 4 is 0 Å². The highest BCUT2D eigenvalue weighted by Crippen LogP contribution is 2.30. The van der Waals surface area contributed by atoms with E-state index in [2.05, 4.69) is 0 Å². The Balaban J connectivity index is 3.13. The largest absolute Gasteiger partial charge is 0.265 e. The zero-order valence-electron chi connectivity index (χ0n) is 9.70. The number of nitro groups is 2. The summed E-state index contributed by atoms with van der Waals surface area (Å²) >= 11 is 0. The third-order valence-electron chi connectivity index (χ3n) is 2.86. The van der Waals surface area contributed by atoms with Gasteiger partial charge in [0.15, 0.2) is 0 Å². The predicted octanol–water partition coefficient (Wildman–Crippen LogP) is 2.10. The molecule has 0 saturated carbocycles. The van der Waals surface area contributed by atoms with E-state index in [0.717, 1.165) is 0 Å². The predicted molar refractivity (Wildman–Crippen MR) is 62.1 cm³/mol. The summed E-state index contributed by atoms with van der Waals surface area (Å²) in [5.74, 6) is -0.742. The molecule has 1 rings (SSSR count). The number of hydrogen-bond donors (Lipinski definition) is 0. The summed E-state index contributed by atoms with van der Waals surface area (Å²) in [6.07, 6.45) is 0. The van der Waals surface area contributed by atoms with Gasteiger partial charge in [-0.2, -0.15) is 0 Å². The van der Waals surface area contributed by atoms with E-state index in [-0.39, 0.29) is 0 Å². The number of benzene rings is 1. The fourth-order valence-electron chi connectivity index (χ4n) is 1.70. The van der Waals surface area contributed by atoms with E-state index in [1.54, 1.807) is 30.3 Å². The van der Waals surface area contributed by atoms with Crippen LogP contribution in [-0.2, 0) is 0 Å². The maximum atomic E-state index is 11.0. The van der Waals surface area contributed by atoms with Crippen molar-refractivity contribution in [3.63, 3.8) is 0 Å². The van der Waals surface area contributed by atoms with Gasteiger partial charge in [0.2, 0.25) is 12.1 Å². The molecule has 6 heteroatoms. The zero-order chi connectivity index (χ0) is 13.1. The molecule has 0 aliphatic rings. The Hall–Kier alpha value is -1.98. The van der Waals surface area contributed by atoms with Crippen LogP contribution >= 0.6 is 0 Å². The van der Waals surface area contributed by atoms with Gasteiger partial charge in [-0.15, -0.1) is 0 Å². The van der Waals surface area contributed by atoms with Gasteiger partial charge in [0.05, 0.1) is 0 Å². The van der Waals surface area contributed by atoms with Crippen molar-refractivity contribution in [1.29, 1.82) is 0 Å². The fraction of sp³-hybridized carbons (Fsp3) is 0.455. The SMILES string of the molecule is CC(C)([C@H](C[N+](=O)[O-])c1ccccc1)[N+](=O)[O-]. The van der Waals surface area contributed by atoms with Crippen LogP contribution in [0.4, 0.5) is 0 Å². The van der Waals surface area contributed by atoms with E-state index in [1.807, 2.05) is 0 Å². The second-order valence-corrected chi connectivity index (χ2v) is 4.39. The molecule has 0 aliphatic carbocycles. The minimum atomic E-state index is -1.37. The summed E-state index contributed by atoms with van der Waals surface area (Å²) in [6.45, 7) is 2.38. The van der Waals surface area contributed by atoms with Crippen molar-refractivity contribution in [2.24, 2.45) is 0 Å². The molecule has 0 N–H and O–H groups in total. The molecule has 0 saturated heterocycles. The lowest BCUT2D eigenvalue weighted by atomic mass is 9.82. The molecule has 1 aromatic rings. The third kappa shape index (κ3) is 2.99. The lowest BCUT2D eigenvalue weighted by Gasteiger charge is -2.23. The second kappa shape index (κ2) is 4.90. The first-order valence-corrected chi connectivity index (χ1v) is 5.17. The van der Waals surface area contributed by atoms with Crippen LogP contribution in [0.3, 0.4) is 0 Å². The van der Waals surface area contributed by atoms with Gasteiger partial charge < -0.3 is 0 Å². The maximum Gasteiger partial charge on any atom is 0.229 e. The van der Waals surface area contributed by atoms with Gasteiger partial charge in [0.25, 0.3) is 0 Å². The van der Waals surface area contributed by atoms with Gasteiger partial charge in [-0.3, -0.25) is 20.2 Å². The van der Waals surface area contributed by atoms with Crippen LogP contribution in [0.25, 0.3) is 0 Å². The van der Waals surface area contributed by atoms with Crippen LogP contribution in [0.5, 0.6) is 0 Å². The minimum absolute atomic E-state index is 0.446. The summed E-state index contributed by atoms with van der Waals surface area (Å²) < 4.78 is 0. The molecule has 0 heterocycles. The summed E-state index contributed by atoms with van der Waals surface area (Å²) in [7, 11) is 0. The van der Waals surface area contributed by atoms with Crippen molar-refractivity contribution in [3.8, 4) is 0 Å². The molecule has 0 fully saturated rings. The Morgan fingerprint density at radius 3 is 2.12 bits per heavy atom. The molecule has 17 heavy (non-hydrogen) atoms. The molecule has 1 atom stereocenters. The van der Waals surface area contributed by atoms with Gasteiger partial charge in [-0.05, 0) is 5.56 Å². The van der Waals surface area contributed by atoms with E-state index < -0.39 is 27.8 Å². The Bertz CT molecular complexity index is 417. The molecule has 6 nitrogen and oxygen atoms in total. The summed E-state index contributed by atoms with van der Waals surface area (Å²) in [6, 6.07) is 8.57. The van der Waals surface area contributed by atoms with E-state index in [0.29, 0.717) is 5.56 Å². The first-order chi connectivity index (χ1) is 7.85. The third-order valence-corrected chi connectivity index (χ3v) is 2.86. The number of rotatable bonds is 5. The van der Waals surface area contributed by atoms with Crippen LogP contribution in [0.15, 0.2) is 30.3 Å². The second-order valence-electron chi connectivity index (χ2n) is 4.39. The summed E-state index contributed by atoms with van der Waals surface area (Å²) in [5.41, 5.74) is -0.750. The molecule has 0 amide bonds. The molecule has 0 aliphatic heterocycles. The van der Waals surface area contributed by atoms with Crippen LogP contribution in [0.2, 0.25) is 0 Å². The van der Waals surface area contributed by atoms with Gasteiger partial charge in [0.1, 0.15) is 5.92 Å².